The standard InChI is InChI=1S/C29H27N5O4S2/c1-37-23-8-6-21(7-9-23)19-34(29-32-12-15-39-29)40(35,36)24-10-11-27-28(16-24)38-14-13-33(27)26-5-3-2-4-25(26)22-17-30-20-31-18-22/h2-11,16-18,20H,12-15,19H2,1H3. The monoisotopic (exact) mass is 573 g/mol. The van der Waals surface area contributed by atoms with Gasteiger partial charge in [-0.15, -0.1) is 0 Å². The summed E-state index contributed by atoms with van der Waals surface area (Å²) in [5.41, 5.74) is 4.48. The first-order valence-electron chi connectivity index (χ1n) is 12.8. The molecule has 3 aromatic carbocycles. The Hall–Kier alpha value is -4.09. The molecule has 11 heteroatoms. The molecule has 0 spiro atoms. The Morgan fingerprint density at radius 1 is 1.02 bits per heavy atom. The maximum atomic E-state index is 14.0. The van der Waals surface area contributed by atoms with Crippen LogP contribution in [0.3, 0.4) is 0 Å². The third kappa shape index (κ3) is 5.09. The number of benzene rings is 3. The van der Waals surface area contributed by atoms with Gasteiger partial charge in [0.2, 0.25) is 0 Å². The molecule has 2 aliphatic rings. The van der Waals surface area contributed by atoms with Gasteiger partial charge in [0.15, 0.2) is 5.17 Å². The zero-order chi connectivity index (χ0) is 27.5. The highest BCUT2D eigenvalue weighted by atomic mass is 32.2. The van der Waals surface area contributed by atoms with E-state index in [1.807, 2.05) is 54.6 Å². The number of hydrogen-bond acceptors (Lipinski definition) is 9. The number of aliphatic imine (C=N–C) groups is 1. The minimum absolute atomic E-state index is 0.154. The number of nitrogens with zero attached hydrogens (tertiary/aromatic N) is 5. The number of hydrogen-bond donors (Lipinski definition) is 0. The van der Waals surface area contributed by atoms with Crippen molar-refractivity contribution < 1.29 is 17.9 Å². The summed E-state index contributed by atoms with van der Waals surface area (Å²) in [4.78, 5) is 15.1. The number of rotatable bonds is 7. The van der Waals surface area contributed by atoms with Gasteiger partial charge >= 0.3 is 0 Å². The van der Waals surface area contributed by atoms with Gasteiger partial charge in [-0.3, -0.25) is 4.99 Å². The van der Waals surface area contributed by atoms with Crippen molar-refractivity contribution in [2.45, 2.75) is 11.4 Å². The van der Waals surface area contributed by atoms with Gasteiger partial charge in [-0.2, -0.15) is 0 Å². The van der Waals surface area contributed by atoms with Crippen LogP contribution in [0, 0.1) is 0 Å². The topological polar surface area (TPSA) is 97.2 Å². The highest BCUT2D eigenvalue weighted by Crippen LogP contribution is 2.42. The van der Waals surface area contributed by atoms with Crippen molar-refractivity contribution in [3.05, 3.63) is 91.0 Å². The van der Waals surface area contributed by atoms with Gasteiger partial charge in [-0.25, -0.2) is 22.7 Å². The quantitative estimate of drug-likeness (QED) is 0.306. The summed E-state index contributed by atoms with van der Waals surface area (Å²) in [6.07, 6.45) is 5.07. The lowest BCUT2D eigenvalue weighted by atomic mass is 10.0. The van der Waals surface area contributed by atoms with E-state index in [4.69, 9.17) is 9.47 Å². The molecule has 0 N–H and O–H groups in total. The lowest BCUT2D eigenvalue weighted by Gasteiger charge is -2.33. The summed E-state index contributed by atoms with van der Waals surface area (Å²) in [5, 5.41) is 0.495. The van der Waals surface area contributed by atoms with E-state index in [1.54, 1.807) is 31.6 Å². The Balaban J connectivity index is 1.35. The molecular weight excluding hydrogens is 546 g/mol. The minimum Gasteiger partial charge on any atom is -0.497 e. The number of methoxy groups -OCH3 is 1. The lowest BCUT2D eigenvalue weighted by Crippen LogP contribution is -2.34. The Morgan fingerprint density at radius 2 is 1.82 bits per heavy atom. The molecule has 40 heavy (non-hydrogen) atoms. The van der Waals surface area contributed by atoms with Crippen LogP contribution in [0.25, 0.3) is 11.1 Å². The molecule has 204 valence electrons. The number of anilines is 2. The second-order valence-electron chi connectivity index (χ2n) is 9.15. The summed E-state index contributed by atoms with van der Waals surface area (Å²) in [6.45, 7) is 1.77. The van der Waals surface area contributed by atoms with Gasteiger partial charge in [-0.05, 0) is 35.9 Å². The van der Waals surface area contributed by atoms with Crippen LogP contribution in [-0.2, 0) is 16.6 Å². The first-order chi connectivity index (χ1) is 19.5. The number of sulfonamides is 1. The molecule has 0 radical (unpaired) electrons. The number of ether oxygens (including phenoxy) is 2. The molecule has 0 fully saturated rings. The van der Waals surface area contributed by atoms with Crippen molar-refractivity contribution in [3.8, 4) is 22.6 Å². The normalized spacial score (nSPS) is 14.7. The van der Waals surface area contributed by atoms with Gasteiger partial charge in [0, 0.05) is 41.0 Å². The largest absolute Gasteiger partial charge is 0.497 e. The van der Waals surface area contributed by atoms with Gasteiger partial charge in [0.1, 0.15) is 24.4 Å². The lowest BCUT2D eigenvalue weighted by molar-refractivity contribution is 0.313. The zero-order valence-corrected chi connectivity index (χ0v) is 23.4. The molecule has 0 saturated carbocycles. The molecule has 6 rings (SSSR count). The van der Waals surface area contributed by atoms with Crippen LogP contribution in [0.2, 0.25) is 0 Å². The molecule has 0 amide bonds. The summed E-state index contributed by atoms with van der Waals surface area (Å²) in [7, 11) is -2.33. The Morgan fingerprint density at radius 3 is 2.58 bits per heavy atom. The second kappa shape index (κ2) is 11.2. The number of thioether (sulfide) groups is 1. The van der Waals surface area contributed by atoms with Crippen molar-refractivity contribution in [2.75, 3.05) is 37.5 Å². The minimum atomic E-state index is -3.93. The van der Waals surface area contributed by atoms with Crippen LogP contribution in [0.4, 0.5) is 11.4 Å². The fourth-order valence-corrected chi connectivity index (χ4v) is 7.30. The Bertz CT molecular complexity index is 1650. The van der Waals surface area contributed by atoms with E-state index in [0.29, 0.717) is 36.4 Å². The molecule has 9 nitrogen and oxygen atoms in total. The predicted octanol–water partition coefficient (Wildman–Crippen LogP) is 4.98. The highest BCUT2D eigenvalue weighted by molar-refractivity contribution is 8.15. The van der Waals surface area contributed by atoms with Crippen LogP contribution in [-0.4, -0.2) is 60.4 Å². The SMILES string of the molecule is COc1ccc(CN(C2=NCCS2)S(=O)(=O)c2ccc3c(c2)OCCN3c2ccccc2-c2cncnc2)cc1. The van der Waals surface area contributed by atoms with Crippen LogP contribution in [0.1, 0.15) is 5.56 Å². The molecular formula is C29H27N5O4S2. The first-order valence-corrected chi connectivity index (χ1v) is 15.2. The van der Waals surface area contributed by atoms with Crippen molar-refractivity contribution in [3.63, 3.8) is 0 Å². The Kier molecular flexibility index (Phi) is 7.31. The number of aromatic nitrogens is 2. The molecule has 2 aliphatic heterocycles. The summed E-state index contributed by atoms with van der Waals surface area (Å²) in [5.74, 6) is 1.97. The van der Waals surface area contributed by atoms with Gasteiger partial charge in [0.05, 0.1) is 37.3 Å². The van der Waals surface area contributed by atoms with Crippen LogP contribution < -0.4 is 14.4 Å². The summed E-state index contributed by atoms with van der Waals surface area (Å²) >= 11 is 1.45. The van der Waals surface area contributed by atoms with E-state index < -0.39 is 10.0 Å². The zero-order valence-electron chi connectivity index (χ0n) is 21.8. The van der Waals surface area contributed by atoms with Crippen molar-refractivity contribution in [1.82, 2.24) is 14.3 Å². The van der Waals surface area contributed by atoms with E-state index in [-0.39, 0.29) is 11.4 Å². The molecule has 4 aromatic rings. The van der Waals surface area contributed by atoms with E-state index >= 15 is 0 Å². The van der Waals surface area contributed by atoms with Gasteiger partial charge < -0.3 is 14.4 Å². The predicted molar refractivity (Wildman–Crippen MR) is 157 cm³/mol. The molecule has 0 aliphatic carbocycles. The van der Waals surface area contributed by atoms with E-state index in [0.717, 1.165) is 33.8 Å². The fraction of sp³-hybridized carbons (Fsp3) is 0.207. The molecule has 0 atom stereocenters. The van der Waals surface area contributed by atoms with Crippen molar-refractivity contribution in [1.29, 1.82) is 0 Å². The maximum absolute atomic E-state index is 14.0. The van der Waals surface area contributed by atoms with Crippen LogP contribution in [0.5, 0.6) is 11.5 Å². The molecule has 0 saturated heterocycles. The first kappa shape index (κ1) is 26.1. The van der Waals surface area contributed by atoms with E-state index in [2.05, 4.69) is 19.9 Å². The van der Waals surface area contributed by atoms with Crippen LogP contribution >= 0.6 is 11.8 Å². The van der Waals surface area contributed by atoms with E-state index in [1.165, 1.54) is 22.4 Å². The Labute approximate surface area is 237 Å². The molecule has 3 heterocycles. The highest BCUT2D eigenvalue weighted by Gasteiger charge is 2.32. The number of fused-ring (bicyclic) bond motifs is 1. The van der Waals surface area contributed by atoms with Crippen molar-refractivity contribution in [2.24, 2.45) is 4.99 Å². The van der Waals surface area contributed by atoms with E-state index in [9.17, 15) is 8.42 Å². The smallest absolute Gasteiger partial charge is 0.266 e. The second-order valence-corrected chi connectivity index (χ2v) is 12.1. The summed E-state index contributed by atoms with van der Waals surface area (Å²) in [6, 6.07) is 20.5. The number of amidine groups is 1. The average Bonchev–Trinajstić information content (AvgIpc) is 3.54. The summed E-state index contributed by atoms with van der Waals surface area (Å²) < 4.78 is 40.7. The van der Waals surface area contributed by atoms with Crippen LogP contribution in [0.15, 0.2) is 95.3 Å². The third-order valence-electron chi connectivity index (χ3n) is 6.72. The molecule has 0 unspecified atom stereocenters. The third-order valence-corrected chi connectivity index (χ3v) is 9.56. The fourth-order valence-electron chi connectivity index (χ4n) is 4.76. The molecule has 0 bridgehead atoms. The molecule has 1 aromatic heterocycles. The maximum Gasteiger partial charge on any atom is 0.266 e. The van der Waals surface area contributed by atoms with Crippen molar-refractivity contribution >= 4 is 38.3 Å². The van der Waals surface area contributed by atoms with Gasteiger partial charge in [0.25, 0.3) is 10.0 Å². The van der Waals surface area contributed by atoms with Gasteiger partial charge in [-0.1, -0.05) is 42.1 Å². The average molecular weight is 574 g/mol. The number of para-hydroxylation sites is 1.